The van der Waals surface area contributed by atoms with E-state index in [1.54, 1.807) is 18.2 Å². The highest BCUT2D eigenvalue weighted by Crippen LogP contribution is 2.14. The van der Waals surface area contributed by atoms with Crippen LogP contribution in [-0.4, -0.2) is 35.1 Å². The first-order valence-electron chi connectivity index (χ1n) is 8.07. The van der Waals surface area contributed by atoms with Crippen molar-refractivity contribution in [1.82, 2.24) is 20.8 Å². The van der Waals surface area contributed by atoms with E-state index in [0.29, 0.717) is 11.3 Å². The molecule has 0 bridgehead atoms. The maximum atomic E-state index is 13.4. The SMILES string of the molecule is O=C(/C=C/c1ccccc1F)NCCNC(=O)c1n[nH]c2ccccc12. The molecule has 0 aliphatic carbocycles. The van der Waals surface area contributed by atoms with Gasteiger partial charge in [-0.2, -0.15) is 5.10 Å². The molecule has 0 saturated heterocycles. The average molecular weight is 352 g/mol. The van der Waals surface area contributed by atoms with Crippen LogP contribution in [0, 0.1) is 5.82 Å². The number of rotatable bonds is 6. The predicted octanol–water partition coefficient (Wildman–Crippen LogP) is 2.26. The molecular formula is C19H17FN4O2. The normalized spacial score (nSPS) is 11.0. The van der Waals surface area contributed by atoms with Crippen LogP contribution >= 0.6 is 0 Å². The maximum Gasteiger partial charge on any atom is 0.272 e. The summed E-state index contributed by atoms with van der Waals surface area (Å²) < 4.78 is 13.4. The number of H-pyrrole nitrogens is 1. The van der Waals surface area contributed by atoms with Gasteiger partial charge in [-0.15, -0.1) is 0 Å². The van der Waals surface area contributed by atoms with Crippen molar-refractivity contribution in [1.29, 1.82) is 0 Å². The Hall–Kier alpha value is -3.48. The lowest BCUT2D eigenvalue weighted by molar-refractivity contribution is -0.116. The molecule has 1 heterocycles. The standard InChI is InChI=1S/C19H17FN4O2/c20-15-7-3-1-5-13(15)9-10-17(25)21-11-12-22-19(26)18-14-6-2-4-8-16(14)23-24-18/h1-10H,11-12H2,(H,21,25)(H,22,26)(H,23,24)/b10-9+. The third-order valence-electron chi connectivity index (χ3n) is 3.71. The van der Waals surface area contributed by atoms with Crippen LogP contribution < -0.4 is 10.6 Å². The first-order chi connectivity index (χ1) is 12.6. The zero-order chi connectivity index (χ0) is 18.4. The number of nitrogens with one attached hydrogen (secondary N) is 3. The van der Waals surface area contributed by atoms with Gasteiger partial charge in [0.25, 0.3) is 5.91 Å². The van der Waals surface area contributed by atoms with Crippen molar-refractivity contribution in [3.63, 3.8) is 0 Å². The summed E-state index contributed by atoms with van der Waals surface area (Å²) >= 11 is 0. The van der Waals surface area contributed by atoms with Crippen molar-refractivity contribution < 1.29 is 14.0 Å². The predicted molar refractivity (Wildman–Crippen MR) is 96.9 cm³/mol. The molecule has 3 rings (SSSR count). The molecule has 0 fully saturated rings. The number of aromatic amines is 1. The van der Waals surface area contributed by atoms with Gasteiger partial charge in [0.2, 0.25) is 5.91 Å². The van der Waals surface area contributed by atoms with Crippen molar-refractivity contribution in [2.45, 2.75) is 0 Å². The molecule has 0 saturated carbocycles. The molecule has 2 amide bonds. The summed E-state index contributed by atoms with van der Waals surface area (Å²) in [6.07, 6.45) is 2.65. The Morgan fingerprint density at radius 1 is 1.04 bits per heavy atom. The maximum absolute atomic E-state index is 13.4. The second-order valence-corrected chi connectivity index (χ2v) is 5.52. The van der Waals surface area contributed by atoms with Gasteiger partial charge in [-0.05, 0) is 18.2 Å². The lowest BCUT2D eigenvalue weighted by Crippen LogP contribution is -2.34. The Bertz CT molecular complexity index is 965. The summed E-state index contributed by atoms with van der Waals surface area (Å²) in [5.41, 5.74) is 1.43. The van der Waals surface area contributed by atoms with Gasteiger partial charge < -0.3 is 10.6 Å². The quantitative estimate of drug-likeness (QED) is 0.470. The smallest absolute Gasteiger partial charge is 0.272 e. The Morgan fingerprint density at radius 2 is 1.77 bits per heavy atom. The van der Waals surface area contributed by atoms with Crippen molar-refractivity contribution in [3.8, 4) is 0 Å². The monoisotopic (exact) mass is 352 g/mol. The Kier molecular flexibility index (Phi) is 5.38. The molecule has 0 aliphatic rings. The molecule has 6 nitrogen and oxygen atoms in total. The minimum absolute atomic E-state index is 0.245. The number of carbonyl (C=O) groups excluding carboxylic acids is 2. The lowest BCUT2D eigenvalue weighted by atomic mass is 10.2. The molecule has 0 aliphatic heterocycles. The van der Waals surface area contributed by atoms with Crippen LogP contribution in [0.3, 0.4) is 0 Å². The fourth-order valence-corrected chi connectivity index (χ4v) is 2.42. The number of amides is 2. The number of carbonyl (C=O) groups is 2. The fraction of sp³-hybridized carbons (Fsp3) is 0.105. The molecule has 26 heavy (non-hydrogen) atoms. The number of halogens is 1. The third-order valence-corrected chi connectivity index (χ3v) is 3.71. The van der Waals surface area contributed by atoms with Crippen LogP contribution in [0.25, 0.3) is 17.0 Å². The van der Waals surface area contributed by atoms with E-state index < -0.39 is 5.82 Å². The number of fused-ring (bicyclic) bond motifs is 1. The molecule has 7 heteroatoms. The van der Waals surface area contributed by atoms with E-state index in [1.807, 2.05) is 24.3 Å². The molecule has 0 atom stereocenters. The summed E-state index contributed by atoms with van der Waals surface area (Å²) in [7, 11) is 0. The molecule has 1 aromatic heterocycles. The first kappa shape index (κ1) is 17.3. The minimum atomic E-state index is -0.393. The van der Waals surface area contributed by atoms with Gasteiger partial charge in [0.15, 0.2) is 5.69 Å². The lowest BCUT2D eigenvalue weighted by Gasteiger charge is -2.04. The zero-order valence-electron chi connectivity index (χ0n) is 13.8. The topological polar surface area (TPSA) is 86.9 Å². The minimum Gasteiger partial charge on any atom is -0.351 e. The van der Waals surface area contributed by atoms with E-state index in [0.717, 1.165) is 10.9 Å². The van der Waals surface area contributed by atoms with Crippen LogP contribution in [0.2, 0.25) is 0 Å². The second kappa shape index (κ2) is 8.06. The number of para-hydroxylation sites is 1. The number of hydrogen-bond donors (Lipinski definition) is 3. The van der Waals surface area contributed by atoms with E-state index in [9.17, 15) is 14.0 Å². The summed E-state index contributed by atoms with van der Waals surface area (Å²) in [5, 5.41) is 12.9. The van der Waals surface area contributed by atoms with Crippen LogP contribution in [0.5, 0.6) is 0 Å². The molecule has 2 aromatic carbocycles. The van der Waals surface area contributed by atoms with E-state index in [2.05, 4.69) is 20.8 Å². The highest BCUT2D eigenvalue weighted by molar-refractivity contribution is 6.04. The molecule has 3 aromatic rings. The van der Waals surface area contributed by atoms with Gasteiger partial charge in [-0.25, -0.2) is 4.39 Å². The second-order valence-electron chi connectivity index (χ2n) is 5.52. The first-order valence-corrected chi connectivity index (χ1v) is 8.07. The fourth-order valence-electron chi connectivity index (χ4n) is 2.42. The van der Waals surface area contributed by atoms with Crippen molar-refractivity contribution in [3.05, 3.63) is 71.7 Å². The van der Waals surface area contributed by atoms with E-state index >= 15 is 0 Å². The summed E-state index contributed by atoms with van der Waals surface area (Å²) in [6, 6.07) is 13.5. The van der Waals surface area contributed by atoms with Gasteiger partial charge >= 0.3 is 0 Å². The van der Waals surface area contributed by atoms with Crippen molar-refractivity contribution in [2.24, 2.45) is 0 Å². The third kappa shape index (κ3) is 4.13. The van der Waals surface area contributed by atoms with Gasteiger partial charge in [0.05, 0.1) is 5.52 Å². The van der Waals surface area contributed by atoms with Crippen molar-refractivity contribution in [2.75, 3.05) is 13.1 Å². The van der Waals surface area contributed by atoms with Gasteiger partial charge in [-0.1, -0.05) is 36.4 Å². The molecule has 0 spiro atoms. The Balaban J connectivity index is 1.46. The highest BCUT2D eigenvalue weighted by Gasteiger charge is 2.12. The number of hydrogen-bond acceptors (Lipinski definition) is 3. The van der Waals surface area contributed by atoms with E-state index in [4.69, 9.17) is 0 Å². The molecule has 3 N–H and O–H groups in total. The Morgan fingerprint density at radius 3 is 2.62 bits per heavy atom. The molecule has 132 valence electrons. The largest absolute Gasteiger partial charge is 0.351 e. The van der Waals surface area contributed by atoms with Gasteiger partial charge in [-0.3, -0.25) is 14.7 Å². The van der Waals surface area contributed by atoms with Crippen LogP contribution in [0.15, 0.2) is 54.6 Å². The van der Waals surface area contributed by atoms with Crippen LogP contribution in [-0.2, 0) is 4.79 Å². The van der Waals surface area contributed by atoms with E-state index in [1.165, 1.54) is 18.2 Å². The number of benzene rings is 2. The summed E-state index contributed by atoms with van der Waals surface area (Å²) in [6.45, 7) is 0.494. The summed E-state index contributed by atoms with van der Waals surface area (Å²) in [4.78, 5) is 23.9. The van der Waals surface area contributed by atoms with Crippen LogP contribution in [0.1, 0.15) is 16.1 Å². The molecule has 0 radical (unpaired) electrons. The Labute approximate surface area is 149 Å². The number of aromatic nitrogens is 2. The van der Waals surface area contributed by atoms with Gasteiger partial charge in [0.1, 0.15) is 5.82 Å². The van der Waals surface area contributed by atoms with E-state index in [-0.39, 0.29) is 24.9 Å². The number of nitrogens with zero attached hydrogens (tertiary/aromatic N) is 1. The zero-order valence-corrected chi connectivity index (χ0v) is 13.8. The average Bonchev–Trinajstić information content (AvgIpc) is 3.08. The van der Waals surface area contributed by atoms with Crippen LogP contribution in [0.4, 0.5) is 4.39 Å². The molecular weight excluding hydrogens is 335 g/mol. The summed E-state index contributed by atoms with van der Waals surface area (Å²) in [5.74, 6) is -1.08. The highest BCUT2D eigenvalue weighted by atomic mass is 19.1. The van der Waals surface area contributed by atoms with Crippen molar-refractivity contribution >= 4 is 28.8 Å². The molecule has 0 unspecified atom stereocenters. The van der Waals surface area contributed by atoms with Gasteiger partial charge in [0, 0.05) is 30.1 Å².